The predicted molar refractivity (Wildman–Crippen MR) is 415 cm³/mol. The fourth-order valence-electron chi connectivity index (χ4n) is 9.77. The Morgan fingerprint density at radius 3 is 1.06 bits per heavy atom. The van der Waals surface area contributed by atoms with Crippen LogP contribution in [0, 0.1) is 0 Å². The van der Waals surface area contributed by atoms with E-state index in [0.29, 0.717) is 43.9 Å². The quantitative estimate of drug-likeness (QED) is 0.0857. The number of aryl methyl sites for hydroxylation is 1. The van der Waals surface area contributed by atoms with Gasteiger partial charge < -0.3 is 24.3 Å². The first-order valence-corrected chi connectivity index (χ1v) is 39.3. The summed E-state index contributed by atoms with van der Waals surface area (Å²) in [5.74, 6) is 10.6. The number of piperidine rings is 2. The molecule has 4 aliphatic heterocycles. The zero-order chi connectivity index (χ0) is 69.1. The van der Waals surface area contributed by atoms with Gasteiger partial charge in [-0.1, -0.05) is 196 Å². The lowest BCUT2D eigenvalue weighted by Crippen LogP contribution is -2.36. The van der Waals surface area contributed by atoms with Crippen molar-refractivity contribution in [3.05, 3.63) is 130 Å². The second kappa shape index (κ2) is 65.7. The molecule has 0 aliphatic carbocycles. The molecule has 4 saturated heterocycles. The summed E-state index contributed by atoms with van der Waals surface area (Å²) >= 11 is 15.3. The Hall–Kier alpha value is -1.99. The Balaban J connectivity index is -0.000000464. The fraction of sp³-hybridized carbons (Fsp3) is 0.692. The number of unbranched alkanes of at least 4 members (excludes halogenated alkanes) is 1. The number of ether oxygens (including phenoxy) is 1. The first-order chi connectivity index (χ1) is 43.3. The number of alkyl halides is 4. The standard InChI is InChI=1S/C13H20.C12H18.C11H16O.C11H16S.2C8H17N.C6H13NS.C5H11NS.2CH3Cl.2CH3F/c1-4-5-6-12-7-9-13(10-8-12)11(2)3;1-9(2)11-5-7-12(8-6-11)10(3)4;2*1-4-12-11-7-5-10(6-8-11)9(2)3;2*1-3-9-7-5-4-6-8(9)2;1-2-7-3-5-8-6-4-7;1-6-2-4-7-5-3-6;4*1-2/h7-11H,4-6H2,1-3H3;5-10H,1-4H3;2*5-9H,4H2,1-3H3;2*8H,3-7H2,1-2H3;2-6H2,1H3;2-5H2,1H3;4*1H3. The van der Waals surface area contributed by atoms with Crippen molar-refractivity contribution in [3.63, 3.8) is 0 Å². The summed E-state index contributed by atoms with van der Waals surface area (Å²) in [7, 11) is 3.18. The SMILES string of the molecule is CC(C)c1ccc(C(C)C)cc1.CCCCc1ccc(C(C)C)cc1.CCN1CCCCC1C.CCN1CCCCC1C.CCN1CCSCC1.CCOc1ccc(C(C)C)cc1.CCSc1ccc(C(C)C)cc1.CCl.CCl.CF.CF.CN1CCSCC1. The van der Waals surface area contributed by atoms with Gasteiger partial charge in [-0.15, -0.1) is 35.0 Å². The molecule has 8 rings (SSSR count). The van der Waals surface area contributed by atoms with Crippen molar-refractivity contribution < 1.29 is 13.5 Å². The highest BCUT2D eigenvalue weighted by molar-refractivity contribution is 7.99. The summed E-state index contributed by atoms with van der Waals surface area (Å²) in [6.07, 6.45) is 15.3. The van der Waals surface area contributed by atoms with E-state index in [4.69, 9.17) is 4.74 Å². The minimum absolute atomic E-state index is 0.500. The highest BCUT2D eigenvalue weighted by atomic mass is 35.5. The molecule has 0 radical (unpaired) electrons. The van der Waals surface area contributed by atoms with Crippen LogP contribution in [0.2, 0.25) is 0 Å². The molecule has 524 valence electrons. The minimum atomic E-state index is 0.500. The van der Waals surface area contributed by atoms with Crippen LogP contribution < -0.4 is 4.74 Å². The van der Waals surface area contributed by atoms with E-state index in [1.54, 1.807) is 0 Å². The van der Waals surface area contributed by atoms with Crippen LogP contribution >= 0.6 is 58.5 Å². The maximum absolute atomic E-state index is 9.50. The molecule has 4 aromatic carbocycles. The van der Waals surface area contributed by atoms with Gasteiger partial charge in [-0.05, 0) is 192 Å². The van der Waals surface area contributed by atoms with Gasteiger partial charge in [0.25, 0.3) is 0 Å². The topological polar surface area (TPSA) is 22.2 Å². The summed E-state index contributed by atoms with van der Waals surface area (Å²) in [4.78, 5) is 11.4. The van der Waals surface area contributed by atoms with Crippen LogP contribution in [0.1, 0.15) is 239 Å². The molecule has 0 N–H and O–H groups in total. The van der Waals surface area contributed by atoms with Crippen molar-refractivity contribution in [3.8, 4) is 5.75 Å². The Kier molecular flexibility index (Phi) is 68.9. The largest absolute Gasteiger partial charge is 0.494 e. The van der Waals surface area contributed by atoms with Crippen molar-refractivity contribution in [2.45, 2.75) is 229 Å². The molecule has 0 aromatic heterocycles. The van der Waals surface area contributed by atoms with E-state index in [1.807, 2.05) is 30.8 Å². The van der Waals surface area contributed by atoms with E-state index in [2.05, 4.69) is 276 Å². The summed E-state index contributed by atoms with van der Waals surface area (Å²) in [6, 6.07) is 36.9. The van der Waals surface area contributed by atoms with Crippen LogP contribution in [0.25, 0.3) is 0 Å². The molecule has 0 amide bonds. The van der Waals surface area contributed by atoms with Gasteiger partial charge in [0.1, 0.15) is 5.75 Å². The van der Waals surface area contributed by atoms with Crippen LogP contribution in [-0.4, -0.2) is 160 Å². The van der Waals surface area contributed by atoms with Gasteiger partial charge in [0.15, 0.2) is 0 Å². The molecule has 4 fully saturated rings. The summed E-state index contributed by atoms with van der Waals surface area (Å²) in [6.45, 7) is 52.3. The zero-order valence-corrected chi connectivity index (χ0v) is 66.1. The number of nitrogens with zero attached hydrogens (tertiary/aromatic N) is 4. The molecule has 4 aromatic rings. The molecular formula is C78H140Cl2F2N4OS3. The maximum Gasteiger partial charge on any atom is 0.119 e. The molecule has 4 aliphatic rings. The van der Waals surface area contributed by atoms with Gasteiger partial charge in [-0.3, -0.25) is 8.78 Å². The van der Waals surface area contributed by atoms with Crippen molar-refractivity contribution >= 4 is 58.5 Å². The van der Waals surface area contributed by atoms with E-state index < -0.39 is 0 Å². The van der Waals surface area contributed by atoms with Gasteiger partial charge in [0.05, 0.1) is 21.0 Å². The third-order valence-corrected chi connectivity index (χ3v) is 18.7. The second-order valence-electron chi connectivity index (χ2n) is 24.2. The van der Waals surface area contributed by atoms with E-state index >= 15 is 0 Å². The third kappa shape index (κ3) is 49.5. The Bertz CT molecular complexity index is 1950. The normalized spacial score (nSPS) is 16.3. The van der Waals surface area contributed by atoms with E-state index in [9.17, 15) is 8.78 Å². The molecule has 0 spiro atoms. The van der Waals surface area contributed by atoms with Crippen LogP contribution in [0.15, 0.2) is 102 Å². The lowest BCUT2D eigenvalue weighted by molar-refractivity contribution is 0.169. The van der Waals surface area contributed by atoms with Gasteiger partial charge in [0, 0.05) is 78.9 Å². The number of likely N-dealkylation sites (tertiary alicyclic amines) is 2. The van der Waals surface area contributed by atoms with Crippen LogP contribution in [0.5, 0.6) is 5.75 Å². The number of thioether (sulfide) groups is 3. The second-order valence-corrected chi connectivity index (χ2v) is 28.0. The molecule has 5 nitrogen and oxygen atoms in total. The van der Waals surface area contributed by atoms with Crippen molar-refractivity contribution in [1.29, 1.82) is 0 Å². The molecule has 90 heavy (non-hydrogen) atoms. The highest BCUT2D eigenvalue weighted by Gasteiger charge is 2.16. The average Bonchev–Trinajstić information content (AvgIpc) is 3.72. The monoisotopic (exact) mass is 1350 g/mol. The number of hydrogen-bond donors (Lipinski definition) is 0. The van der Waals surface area contributed by atoms with Gasteiger partial charge >= 0.3 is 0 Å². The van der Waals surface area contributed by atoms with Crippen LogP contribution in [0.4, 0.5) is 8.78 Å². The van der Waals surface area contributed by atoms with Crippen molar-refractivity contribution in [1.82, 2.24) is 19.6 Å². The van der Waals surface area contributed by atoms with Crippen LogP contribution in [0.3, 0.4) is 0 Å². The van der Waals surface area contributed by atoms with Crippen molar-refractivity contribution in [2.75, 3.05) is 128 Å². The van der Waals surface area contributed by atoms with Gasteiger partial charge in [-0.2, -0.15) is 23.5 Å². The Morgan fingerprint density at radius 2 is 0.800 bits per heavy atom. The fourth-order valence-corrected chi connectivity index (χ4v) is 12.5. The summed E-state index contributed by atoms with van der Waals surface area (Å²) < 4.78 is 24.3. The highest BCUT2D eigenvalue weighted by Crippen LogP contribution is 2.23. The first kappa shape index (κ1) is 94.4. The third-order valence-electron chi connectivity index (χ3n) is 15.9. The average molecular weight is 1360 g/mol. The smallest absolute Gasteiger partial charge is 0.119 e. The number of halogens is 4. The number of benzene rings is 4. The molecule has 2 unspecified atom stereocenters. The summed E-state index contributed by atoms with van der Waals surface area (Å²) in [5.41, 5.74) is 8.57. The van der Waals surface area contributed by atoms with Gasteiger partial charge in [0.2, 0.25) is 0 Å². The lowest BCUT2D eigenvalue weighted by atomic mass is 9.97. The van der Waals surface area contributed by atoms with E-state index in [-0.39, 0.29) is 0 Å². The van der Waals surface area contributed by atoms with E-state index in [0.717, 1.165) is 30.2 Å². The minimum Gasteiger partial charge on any atom is -0.494 e. The lowest BCUT2D eigenvalue weighted by Gasteiger charge is -2.31. The zero-order valence-electron chi connectivity index (χ0n) is 62.2. The molecule has 2 atom stereocenters. The molecule has 0 saturated carbocycles. The first-order valence-electron chi connectivity index (χ1n) is 34.5. The molecule has 0 bridgehead atoms. The predicted octanol–water partition coefficient (Wildman–Crippen LogP) is 23.6. The number of hydrogen-bond acceptors (Lipinski definition) is 8. The summed E-state index contributed by atoms with van der Waals surface area (Å²) in [5, 5.41) is 0. The molecule has 4 heterocycles. The molecular weight excluding hydrogens is 1210 g/mol. The van der Waals surface area contributed by atoms with Crippen molar-refractivity contribution in [2.24, 2.45) is 0 Å². The number of rotatable bonds is 15. The Morgan fingerprint density at radius 1 is 0.467 bits per heavy atom. The van der Waals surface area contributed by atoms with Gasteiger partial charge in [-0.25, -0.2) is 0 Å². The van der Waals surface area contributed by atoms with E-state index in [1.165, 1.54) is 191 Å². The maximum atomic E-state index is 9.50. The van der Waals surface area contributed by atoms with Crippen LogP contribution in [-0.2, 0) is 6.42 Å². The molecule has 12 heteroatoms. The Labute approximate surface area is 581 Å².